The van der Waals surface area contributed by atoms with Gasteiger partial charge in [-0.1, -0.05) is 18.2 Å². The summed E-state index contributed by atoms with van der Waals surface area (Å²) in [6, 6.07) is 11.7. The molecule has 2 aromatic rings. The number of benzene rings is 2. The molecule has 0 bridgehead atoms. The summed E-state index contributed by atoms with van der Waals surface area (Å²) in [5.74, 6) is 1.37. The monoisotopic (exact) mass is 294 g/mol. The highest BCUT2D eigenvalue weighted by atomic mass is 16.7. The van der Waals surface area contributed by atoms with Crippen molar-refractivity contribution in [3.8, 4) is 17.6 Å². The lowest BCUT2D eigenvalue weighted by Crippen LogP contribution is -1.92. The highest BCUT2D eigenvalue weighted by Gasteiger charge is 2.12. The standard InChI is InChI=1S/C16H10N2O4/c17-9-13-8-14(18(19)20)5-4-12(13)3-1-11-2-6-15-16(7-11)22-10-21-15/h1-8H,10H2. The number of non-ortho nitro benzene ring substituents is 1. The molecule has 0 N–H and O–H groups in total. The van der Waals surface area contributed by atoms with E-state index in [2.05, 4.69) is 0 Å². The van der Waals surface area contributed by atoms with E-state index < -0.39 is 4.92 Å². The van der Waals surface area contributed by atoms with Crippen molar-refractivity contribution in [2.24, 2.45) is 0 Å². The van der Waals surface area contributed by atoms with Crippen LogP contribution in [0.5, 0.6) is 11.5 Å². The van der Waals surface area contributed by atoms with Gasteiger partial charge in [0, 0.05) is 12.1 Å². The summed E-state index contributed by atoms with van der Waals surface area (Å²) in [5.41, 5.74) is 1.65. The highest BCUT2D eigenvalue weighted by Crippen LogP contribution is 2.33. The van der Waals surface area contributed by atoms with Gasteiger partial charge in [-0.15, -0.1) is 0 Å². The molecule has 0 amide bonds. The number of hydrogen-bond donors (Lipinski definition) is 0. The maximum Gasteiger partial charge on any atom is 0.270 e. The SMILES string of the molecule is N#Cc1cc([N+](=O)[O-])ccc1C=Cc1ccc2c(c1)OCO2. The minimum absolute atomic E-state index is 0.100. The first-order valence-corrected chi connectivity index (χ1v) is 6.43. The van der Waals surface area contributed by atoms with Gasteiger partial charge < -0.3 is 9.47 Å². The van der Waals surface area contributed by atoms with Gasteiger partial charge in [0.15, 0.2) is 11.5 Å². The number of nitrogens with zero attached hydrogens (tertiary/aromatic N) is 2. The van der Waals surface area contributed by atoms with Gasteiger partial charge in [-0.2, -0.15) is 5.26 Å². The number of rotatable bonds is 3. The van der Waals surface area contributed by atoms with Crippen molar-refractivity contribution in [1.29, 1.82) is 5.26 Å². The third kappa shape index (κ3) is 2.60. The molecule has 0 saturated heterocycles. The Bertz CT molecular complexity index is 821. The van der Waals surface area contributed by atoms with Gasteiger partial charge in [0.05, 0.1) is 10.5 Å². The predicted molar refractivity (Wildman–Crippen MR) is 79.3 cm³/mol. The zero-order valence-corrected chi connectivity index (χ0v) is 11.4. The van der Waals surface area contributed by atoms with Crippen molar-refractivity contribution in [2.75, 3.05) is 6.79 Å². The largest absolute Gasteiger partial charge is 0.454 e. The molecule has 2 aromatic carbocycles. The van der Waals surface area contributed by atoms with Gasteiger partial charge in [-0.05, 0) is 29.3 Å². The van der Waals surface area contributed by atoms with Crippen molar-refractivity contribution in [1.82, 2.24) is 0 Å². The quantitative estimate of drug-likeness (QED) is 0.492. The van der Waals surface area contributed by atoms with Crippen molar-refractivity contribution in [3.63, 3.8) is 0 Å². The number of fused-ring (bicyclic) bond motifs is 1. The summed E-state index contributed by atoms with van der Waals surface area (Å²) in [4.78, 5) is 10.2. The molecular formula is C16H10N2O4. The summed E-state index contributed by atoms with van der Waals surface area (Å²) < 4.78 is 10.5. The number of nitro benzene ring substituents is 1. The average Bonchev–Trinajstić information content (AvgIpc) is 3.00. The third-order valence-electron chi connectivity index (χ3n) is 3.22. The second-order valence-electron chi connectivity index (χ2n) is 4.59. The van der Waals surface area contributed by atoms with Crippen LogP contribution in [-0.4, -0.2) is 11.7 Å². The van der Waals surface area contributed by atoms with Crippen LogP contribution in [0.2, 0.25) is 0 Å². The Morgan fingerprint density at radius 1 is 1.14 bits per heavy atom. The van der Waals surface area contributed by atoms with E-state index in [9.17, 15) is 10.1 Å². The van der Waals surface area contributed by atoms with Crippen molar-refractivity contribution in [2.45, 2.75) is 0 Å². The first kappa shape index (κ1) is 13.6. The van der Waals surface area contributed by atoms with Crippen LogP contribution < -0.4 is 9.47 Å². The van der Waals surface area contributed by atoms with E-state index in [1.807, 2.05) is 30.3 Å². The van der Waals surface area contributed by atoms with E-state index in [1.54, 1.807) is 12.1 Å². The molecule has 6 nitrogen and oxygen atoms in total. The Labute approximate surface area is 126 Å². The fraction of sp³-hybridized carbons (Fsp3) is 0.0625. The molecule has 1 aliphatic rings. The Balaban J connectivity index is 1.89. The minimum atomic E-state index is -0.522. The Kier molecular flexibility index (Phi) is 3.46. The molecule has 1 heterocycles. The maximum absolute atomic E-state index is 10.7. The van der Waals surface area contributed by atoms with Gasteiger partial charge >= 0.3 is 0 Å². The molecule has 0 fully saturated rings. The van der Waals surface area contributed by atoms with Crippen LogP contribution in [0.1, 0.15) is 16.7 Å². The Morgan fingerprint density at radius 3 is 2.73 bits per heavy atom. The lowest BCUT2D eigenvalue weighted by molar-refractivity contribution is -0.384. The molecule has 1 aliphatic heterocycles. The molecule has 0 saturated carbocycles. The van der Waals surface area contributed by atoms with Crippen molar-refractivity contribution in [3.05, 3.63) is 63.2 Å². The number of nitro groups is 1. The second-order valence-corrected chi connectivity index (χ2v) is 4.59. The van der Waals surface area contributed by atoms with Gasteiger partial charge in [0.25, 0.3) is 5.69 Å². The van der Waals surface area contributed by atoms with Gasteiger partial charge in [0.2, 0.25) is 6.79 Å². The van der Waals surface area contributed by atoms with Crippen LogP contribution in [0.3, 0.4) is 0 Å². The molecule has 3 rings (SSSR count). The smallest absolute Gasteiger partial charge is 0.270 e. The predicted octanol–water partition coefficient (Wildman–Crippen LogP) is 3.37. The summed E-state index contributed by atoms with van der Waals surface area (Å²) >= 11 is 0. The van der Waals surface area contributed by atoms with E-state index in [-0.39, 0.29) is 18.0 Å². The van der Waals surface area contributed by atoms with Gasteiger partial charge in [-0.25, -0.2) is 0 Å². The molecule has 0 radical (unpaired) electrons. The first-order valence-electron chi connectivity index (χ1n) is 6.43. The van der Waals surface area contributed by atoms with Gasteiger partial charge in [0.1, 0.15) is 6.07 Å². The lowest BCUT2D eigenvalue weighted by Gasteiger charge is -2.00. The molecule has 0 aromatic heterocycles. The molecule has 6 heteroatoms. The molecule has 0 atom stereocenters. The molecule has 0 unspecified atom stereocenters. The Hall–Kier alpha value is -3.33. The first-order chi connectivity index (χ1) is 10.7. The third-order valence-corrected chi connectivity index (χ3v) is 3.22. The summed E-state index contributed by atoms with van der Waals surface area (Å²) in [5, 5.41) is 19.8. The number of nitriles is 1. The van der Waals surface area contributed by atoms with Crippen LogP contribution >= 0.6 is 0 Å². The lowest BCUT2D eigenvalue weighted by atomic mass is 10.1. The van der Waals surface area contributed by atoms with Crippen LogP contribution in [-0.2, 0) is 0 Å². The fourth-order valence-electron chi connectivity index (χ4n) is 2.10. The zero-order chi connectivity index (χ0) is 15.5. The molecule has 0 aliphatic carbocycles. The van der Waals surface area contributed by atoms with E-state index in [0.717, 1.165) is 5.56 Å². The second kappa shape index (κ2) is 5.58. The van der Waals surface area contributed by atoms with E-state index in [4.69, 9.17) is 14.7 Å². The summed E-state index contributed by atoms with van der Waals surface area (Å²) in [6.07, 6.45) is 3.55. The molecular weight excluding hydrogens is 284 g/mol. The van der Waals surface area contributed by atoms with E-state index in [0.29, 0.717) is 17.1 Å². The number of ether oxygens (including phenoxy) is 2. The fourth-order valence-corrected chi connectivity index (χ4v) is 2.10. The summed E-state index contributed by atoms with van der Waals surface area (Å²) in [7, 11) is 0. The normalized spacial score (nSPS) is 12.3. The van der Waals surface area contributed by atoms with Crippen LogP contribution in [0, 0.1) is 21.4 Å². The molecule has 108 valence electrons. The summed E-state index contributed by atoms with van der Waals surface area (Å²) in [6.45, 7) is 0.212. The number of hydrogen-bond acceptors (Lipinski definition) is 5. The average molecular weight is 294 g/mol. The van der Waals surface area contributed by atoms with Crippen molar-refractivity contribution < 1.29 is 14.4 Å². The zero-order valence-electron chi connectivity index (χ0n) is 11.4. The van der Waals surface area contributed by atoms with E-state index >= 15 is 0 Å². The maximum atomic E-state index is 10.7. The van der Waals surface area contributed by atoms with E-state index in [1.165, 1.54) is 12.1 Å². The topological polar surface area (TPSA) is 85.4 Å². The molecule has 0 spiro atoms. The van der Waals surface area contributed by atoms with Crippen molar-refractivity contribution >= 4 is 17.8 Å². The van der Waals surface area contributed by atoms with Crippen LogP contribution in [0.15, 0.2) is 36.4 Å². The molecule has 22 heavy (non-hydrogen) atoms. The van der Waals surface area contributed by atoms with Crippen LogP contribution in [0.25, 0.3) is 12.2 Å². The Morgan fingerprint density at radius 2 is 1.95 bits per heavy atom. The van der Waals surface area contributed by atoms with Crippen LogP contribution in [0.4, 0.5) is 5.69 Å². The minimum Gasteiger partial charge on any atom is -0.454 e. The highest BCUT2D eigenvalue weighted by molar-refractivity contribution is 5.74. The van der Waals surface area contributed by atoms with Gasteiger partial charge in [-0.3, -0.25) is 10.1 Å².